The normalized spacial score (nSPS) is 22.6. The molecule has 0 radical (unpaired) electrons. The van der Waals surface area contributed by atoms with Crippen molar-refractivity contribution in [3.63, 3.8) is 0 Å². The van der Waals surface area contributed by atoms with E-state index < -0.39 is 9.84 Å². The van der Waals surface area contributed by atoms with Gasteiger partial charge in [0.25, 0.3) is 5.91 Å². The average Bonchev–Trinajstić information content (AvgIpc) is 2.82. The van der Waals surface area contributed by atoms with Crippen molar-refractivity contribution < 1.29 is 13.2 Å². The lowest BCUT2D eigenvalue weighted by molar-refractivity contribution is 0.0741. The average molecular weight is 258 g/mol. The molecule has 7 nitrogen and oxygen atoms in total. The van der Waals surface area contributed by atoms with Crippen LogP contribution in [0.1, 0.15) is 16.9 Å². The van der Waals surface area contributed by atoms with Crippen LogP contribution in [-0.4, -0.2) is 58.8 Å². The predicted octanol–water partition coefficient (Wildman–Crippen LogP) is -0.926. The van der Waals surface area contributed by atoms with E-state index in [9.17, 15) is 13.2 Å². The highest BCUT2D eigenvalue weighted by molar-refractivity contribution is 7.91. The molecular formula is C9H14N4O3S. The van der Waals surface area contributed by atoms with Crippen LogP contribution in [-0.2, 0) is 16.9 Å². The lowest BCUT2D eigenvalue weighted by atomic mass is 10.2. The Bertz CT molecular complexity index is 536. The zero-order chi connectivity index (χ0) is 12.6. The summed E-state index contributed by atoms with van der Waals surface area (Å²) >= 11 is 0. The smallest absolute Gasteiger partial charge is 0.276 e. The van der Waals surface area contributed by atoms with Crippen molar-refractivity contribution in [3.8, 4) is 0 Å². The van der Waals surface area contributed by atoms with Crippen LogP contribution in [0.25, 0.3) is 0 Å². The van der Waals surface area contributed by atoms with Crippen LogP contribution in [0.4, 0.5) is 0 Å². The molecular weight excluding hydrogens is 244 g/mol. The van der Waals surface area contributed by atoms with Crippen molar-refractivity contribution in [2.75, 3.05) is 18.6 Å². The zero-order valence-corrected chi connectivity index (χ0v) is 10.5. The molecule has 1 unspecified atom stereocenters. The molecule has 0 bridgehead atoms. The Morgan fingerprint density at radius 2 is 2.29 bits per heavy atom. The van der Waals surface area contributed by atoms with Crippen molar-refractivity contribution >= 4 is 15.7 Å². The van der Waals surface area contributed by atoms with E-state index in [0.717, 1.165) is 0 Å². The van der Waals surface area contributed by atoms with Crippen molar-refractivity contribution in [1.29, 1.82) is 0 Å². The summed E-state index contributed by atoms with van der Waals surface area (Å²) in [5, 5.41) is 7.39. The predicted molar refractivity (Wildman–Crippen MR) is 60.2 cm³/mol. The second-order valence-corrected chi connectivity index (χ2v) is 6.48. The molecule has 1 fully saturated rings. The molecule has 8 heteroatoms. The van der Waals surface area contributed by atoms with Crippen LogP contribution >= 0.6 is 0 Å². The first-order chi connectivity index (χ1) is 7.89. The lowest BCUT2D eigenvalue weighted by Crippen LogP contribution is -2.38. The quantitative estimate of drug-likeness (QED) is 0.684. The van der Waals surface area contributed by atoms with Crippen molar-refractivity contribution in [3.05, 3.63) is 11.9 Å². The Kier molecular flexibility index (Phi) is 2.90. The van der Waals surface area contributed by atoms with Crippen molar-refractivity contribution in [1.82, 2.24) is 19.9 Å². The van der Waals surface area contributed by atoms with Gasteiger partial charge < -0.3 is 4.90 Å². The first-order valence-corrected chi connectivity index (χ1v) is 7.05. The lowest BCUT2D eigenvalue weighted by Gasteiger charge is -2.21. The second-order valence-electron chi connectivity index (χ2n) is 4.25. The highest BCUT2D eigenvalue weighted by Crippen LogP contribution is 2.17. The van der Waals surface area contributed by atoms with Crippen LogP contribution in [0.5, 0.6) is 0 Å². The summed E-state index contributed by atoms with van der Waals surface area (Å²) in [6, 6.07) is -0.255. The number of carbonyl (C=O) groups is 1. The molecule has 17 heavy (non-hydrogen) atoms. The molecule has 1 aromatic rings. The first-order valence-electron chi connectivity index (χ1n) is 5.23. The number of hydrogen-bond acceptors (Lipinski definition) is 5. The van der Waals surface area contributed by atoms with E-state index in [1.165, 1.54) is 15.8 Å². The van der Waals surface area contributed by atoms with E-state index in [4.69, 9.17) is 0 Å². The van der Waals surface area contributed by atoms with Gasteiger partial charge in [-0.05, 0) is 6.42 Å². The SMILES string of the molecule is CN(C(=O)c1cn(C)nn1)C1CCS(=O)(=O)C1. The number of aryl methyl sites for hydroxylation is 1. The fourth-order valence-corrected chi connectivity index (χ4v) is 3.65. The van der Waals surface area contributed by atoms with Gasteiger partial charge in [-0.1, -0.05) is 5.21 Å². The maximum atomic E-state index is 12.0. The minimum absolute atomic E-state index is 0.0372. The number of aromatic nitrogens is 3. The summed E-state index contributed by atoms with van der Waals surface area (Å²) in [6.45, 7) is 0. The summed E-state index contributed by atoms with van der Waals surface area (Å²) in [5.74, 6) is -0.106. The topological polar surface area (TPSA) is 85.2 Å². The molecule has 0 N–H and O–H groups in total. The van der Waals surface area contributed by atoms with E-state index >= 15 is 0 Å². The molecule has 94 valence electrons. The number of amides is 1. The van der Waals surface area contributed by atoms with Crippen LogP contribution in [0, 0.1) is 0 Å². The van der Waals surface area contributed by atoms with Crippen molar-refractivity contribution in [2.24, 2.45) is 7.05 Å². The van der Waals surface area contributed by atoms with E-state index in [0.29, 0.717) is 6.42 Å². The van der Waals surface area contributed by atoms with Crippen LogP contribution in [0.3, 0.4) is 0 Å². The first kappa shape index (κ1) is 12.0. The Morgan fingerprint density at radius 3 is 2.76 bits per heavy atom. The van der Waals surface area contributed by atoms with E-state index in [-0.39, 0.29) is 29.1 Å². The minimum atomic E-state index is -2.99. The molecule has 0 aliphatic carbocycles. The molecule has 0 spiro atoms. The second kappa shape index (κ2) is 4.10. The molecule has 2 heterocycles. The molecule has 2 rings (SSSR count). The summed E-state index contributed by atoms with van der Waals surface area (Å²) in [4.78, 5) is 13.4. The van der Waals surface area contributed by atoms with E-state index in [1.807, 2.05) is 0 Å². The number of rotatable bonds is 2. The minimum Gasteiger partial charge on any atom is -0.336 e. The molecule has 1 aliphatic heterocycles. The maximum absolute atomic E-state index is 12.0. The van der Waals surface area contributed by atoms with Crippen LogP contribution in [0.2, 0.25) is 0 Å². The Hall–Kier alpha value is -1.44. The van der Waals surface area contributed by atoms with Gasteiger partial charge in [-0.25, -0.2) is 8.42 Å². The summed E-state index contributed by atoms with van der Waals surface area (Å²) in [6.07, 6.45) is 2.01. The third-order valence-corrected chi connectivity index (χ3v) is 4.65. The van der Waals surface area contributed by atoms with Crippen LogP contribution in [0.15, 0.2) is 6.20 Å². The summed E-state index contributed by atoms with van der Waals surface area (Å²) in [7, 11) is 0.284. The number of nitrogens with zero attached hydrogens (tertiary/aromatic N) is 4. The molecule has 1 atom stereocenters. The zero-order valence-electron chi connectivity index (χ0n) is 9.70. The van der Waals surface area contributed by atoms with Gasteiger partial charge in [-0.2, -0.15) is 0 Å². The number of sulfone groups is 1. The van der Waals surface area contributed by atoms with Gasteiger partial charge in [-0.15, -0.1) is 5.10 Å². The molecule has 0 aromatic carbocycles. The summed E-state index contributed by atoms with van der Waals surface area (Å²) < 4.78 is 24.1. The summed E-state index contributed by atoms with van der Waals surface area (Å²) in [5.41, 5.74) is 0.235. The molecule has 1 aliphatic rings. The largest absolute Gasteiger partial charge is 0.336 e. The van der Waals surface area contributed by atoms with Gasteiger partial charge in [0.2, 0.25) is 0 Å². The third kappa shape index (κ3) is 2.46. The van der Waals surface area contributed by atoms with Gasteiger partial charge >= 0.3 is 0 Å². The highest BCUT2D eigenvalue weighted by atomic mass is 32.2. The Labute approximate surface area is 99.3 Å². The Balaban J connectivity index is 2.11. The van der Waals surface area contributed by atoms with Gasteiger partial charge in [0, 0.05) is 20.1 Å². The van der Waals surface area contributed by atoms with E-state index in [2.05, 4.69) is 10.3 Å². The fourth-order valence-electron chi connectivity index (χ4n) is 1.87. The van der Waals surface area contributed by atoms with Gasteiger partial charge in [-0.3, -0.25) is 9.48 Å². The highest BCUT2D eigenvalue weighted by Gasteiger charge is 2.33. The van der Waals surface area contributed by atoms with Gasteiger partial charge in [0.1, 0.15) is 0 Å². The maximum Gasteiger partial charge on any atom is 0.276 e. The van der Waals surface area contributed by atoms with Crippen molar-refractivity contribution in [2.45, 2.75) is 12.5 Å². The third-order valence-electron chi connectivity index (χ3n) is 2.90. The molecule has 1 aromatic heterocycles. The number of carbonyl (C=O) groups excluding carboxylic acids is 1. The van der Waals surface area contributed by atoms with E-state index in [1.54, 1.807) is 14.1 Å². The molecule has 0 saturated carbocycles. The Morgan fingerprint density at radius 1 is 1.59 bits per heavy atom. The van der Waals surface area contributed by atoms with Crippen LogP contribution < -0.4 is 0 Å². The molecule has 1 saturated heterocycles. The monoisotopic (exact) mass is 258 g/mol. The standard InChI is InChI=1S/C9H14N4O3S/c1-12-5-8(10-11-12)9(14)13(2)7-3-4-17(15,16)6-7/h5,7H,3-4,6H2,1-2H3. The van der Waals surface area contributed by atoms with Gasteiger partial charge in [0.05, 0.1) is 17.7 Å². The van der Waals surface area contributed by atoms with Gasteiger partial charge in [0.15, 0.2) is 15.5 Å². The fraction of sp³-hybridized carbons (Fsp3) is 0.667. The number of hydrogen-bond donors (Lipinski definition) is 0. The molecule has 1 amide bonds.